The van der Waals surface area contributed by atoms with Crippen LogP contribution >= 0.6 is 0 Å². The van der Waals surface area contributed by atoms with Crippen LogP contribution in [0.2, 0.25) is 0 Å². The van der Waals surface area contributed by atoms with Gasteiger partial charge in [-0.1, -0.05) is 38.0 Å². The Bertz CT molecular complexity index is 1120. The van der Waals surface area contributed by atoms with Gasteiger partial charge in [-0.15, -0.1) is 0 Å². The minimum absolute atomic E-state index is 0.0139. The second-order valence-corrected chi connectivity index (χ2v) is 10.8. The summed E-state index contributed by atoms with van der Waals surface area (Å²) in [7, 11) is 0. The monoisotopic (exact) mass is 464 g/mol. The second kappa shape index (κ2) is 8.75. The predicted octanol–water partition coefficient (Wildman–Crippen LogP) is 4.45. The first kappa shape index (κ1) is 22.9. The Hall–Kier alpha value is -2.83. The lowest BCUT2D eigenvalue weighted by atomic mass is 9.82. The summed E-state index contributed by atoms with van der Waals surface area (Å²) in [6.45, 7) is 6.03. The Morgan fingerprint density at radius 1 is 1.03 bits per heavy atom. The molecular weight excluding hydrogens is 428 g/mol. The molecule has 3 aliphatic rings. The van der Waals surface area contributed by atoms with Gasteiger partial charge < -0.3 is 20.1 Å². The van der Waals surface area contributed by atoms with Crippen LogP contribution in [-0.2, 0) is 16.1 Å². The molecule has 2 saturated carbocycles. The van der Waals surface area contributed by atoms with Crippen molar-refractivity contribution in [2.45, 2.75) is 96.3 Å². The van der Waals surface area contributed by atoms with E-state index >= 15 is 0 Å². The maximum atomic E-state index is 14.3. The minimum Gasteiger partial charge on any atom is -0.351 e. The van der Waals surface area contributed by atoms with E-state index in [-0.39, 0.29) is 29.8 Å². The van der Waals surface area contributed by atoms with Gasteiger partial charge in [0.25, 0.3) is 5.91 Å². The number of carbonyl (C=O) groups excluding carboxylic acids is 3. The fraction of sp³-hybridized carbons (Fsp3) is 0.593. The Labute approximate surface area is 201 Å². The smallest absolute Gasteiger partial charge is 0.273 e. The fourth-order valence-electron chi connectivity index (χ4n) is 6.38. The first-order chi connectivity index (χ1) is 16.3. The molecule has 2 fully saturated rings. The van der Waals surface area contributed by atoms with E-state index in [0.29, 0.717) is 23.8 Å². The summed E-state index contributed by atoms with van der Waals surface area (Å²) in [5, 5.41) is 7.05. The Kier molecular flexibility index (Phi) is 5.90. The molecular formula is C27H36N4O3. The van der Waals surface area contributed by atoms with E-state index in [1.807, 2.05) is 40.7 Å². The highest BCUT2D eigenvalue weighted by molar-refractivity contribution is 6.14. The van der Waals surface area contributed by atoms with Crippen molar-refractivity contribution in [3.05, 3.63) is 30.0 Å². The lowest BCUT2D eigenvalue weighted by Crippen LogP contribution is -2.67. The summed E-state index contributed by atoms with van der Waals surface area (Å²) >= 11 is 0. The standard InChI is InChI=1S/C27H36N4O3/c1-17-12-14-20(15-13-17)31-25(33)24-23(28-18(2)32)21-10-6-7-11-22(21)30(24)16-27(31,3)26(34)29-19-8-4-5-9-19/h6-7,10-11,17,19-20H,4-5,8-9,12-16H2,1-3H3,(H,28,32)(H,29,34)/t17?,20?,27-/m1/s1. The topological polar surface area (TPSA) is 83.4 Å². The van der Waals surface area contributed by atoms with E-state index in [2.05, 4.69) is 17.6 Å². The molecule has 2 N–H and O–H groups in total. The van der Waals surface area contributed by atoms with E-state index in [0.717, 1.165) is 62.3 Å². The molecule has 0 unspecified atom stereocenters. The molecule has 1 aliphatic heterocycles. The molecule has 0 saturated heterocycles. The summed E-state index contributed by atoms with van der Waals surface area (Å²) in [5.74, 6) is 0.208. The largest absolute Gasteiger partial charge is 0.351 e. The maximum absolute atomic E-state index is 14.3. The predicted molar refractivity (Wildman–Crippen MR) is 133 cm³/mol. The molecule has 1 atom stereocenters. The van der Waals surface area contributed by atoms with E-state index in [1.54, 1.807) is 0 Å². The number of carbonyl (C=O) groups is 3. The van der Waals surface area contributed by atoms with Crippen molar-refractivity contribution < 1.29 is 14.4 Å². The number of fused-ring (bicyclic) bond motifs is 3. The molecule has 5 rings (SSSR count). The van der Waals surface area contributed by atoms with Crippen molar-refractivity contribution in [2.24, 2.45) is 5.92 Å². The summed E-state index contributed by atoms with van der Waals surface area (Å²) in [4.78, 5) is 42.1. The van der Waals surface area contributed by atoms with E-state index in [4.69, 9.17) is 0 Å². The summed E-state index contributed by atoms with van der Waals surface area (Å²) in [6.07, 6.45) is 8.17. The molecule has 7 heteroatoms. The fourth-order valence-corrected chi connectivity index (χ4v) is 6.38. The van der Waals surface area contributed by atoms with Gasteiger partial charge in [0.05, 0.1) is 17.7 Å². The molecule has 0 bridgehead atoms. The average Bonchev–Trinajstić information content (AvgIpc) is 3.41. The first-order valence-corrected chi connectivity index (χ1v) is 12.8. The molecule has 2 aliphatic carbocycles. The van der Waals surface area contributed by atoms with Crippen LogP contribution in [0.15, 0.2) is 24.3 Å². The highest BCUT2D eigenvalue weighted by atomic mass is 16.2. The Balaban J connectivity index is 1.63. The van der Waals surface area contributed by atoms with Crippen molar-refractivity contribution in [1.29, 1.82) is 0 Å². The summed E-state index contributed by atoms with van der Waals surface area (Å²) < 4.78 is 1.96. The van der Waals surface area contributed by atoms with Gasteiger partial charge in [0.1, 0.15) is 11.2 Å². The SMILES string of the molecule is CC(=O)Nc1c2n(c3ccccc13)C[C@](C)(C(=O)NC1CCCC1)N(C1CCC(C)CC1)C2=O. The van der Waals surface area contributed by atoms with Gasteiger partial charge in [-0.3, -0.25) is 14.4 Å². The highest BCUT2D eigenvalue weighted by Gasteiger charge is 2.52. The first-order valence-electron chi connectivity index (χ1n) is 12.8. The zero-order valence-electron chi connectivity index (χ0n) is 20.5. The summed E-state index contributed by atoms with van der Waals surface area (Å²) in [6, 6.07) is 7.94. The maximum Gasteiger partial charge on any atom is 0.273 e. The van der Waals surface area contributed by atoms with Gasteiger partial charge in [0, 0.05) is 24.4 Å². The van der Waals surface area contributed by atoms with Crippen molar-refractivity contribution in [1.82, 2.24) is 14.8 Å². The van der Waals surface area contributed by atoms with Crippen LogP contribution in [0.25, 0.3) is 10.9 Å². The van der Waals surface area contributed by atoms with Gasteiger partial charge in [-0.25, -0.2) is 0 Å². The third kappa shape index (κ3) is 3.79. The molecule has 34 heavy (non-hydrogen) atoms. The zero-order valence-corrected chi connectivity index (χ0v) is 20.5. The average molecular weight is 465 g/mol. The molecule has 2 heterocycles. The van der Waals surface area contributed by atoms with Crippen LogP contribution in [0, 0.1) is 5.92 Å². The van der Waals surface area contributed by atoms with E-state index < -0.39 is 5.54 Å². The van der Waals surface area contributed by atoms with Crippen molar-refractivity contribution in [3.63, 3.8) is 0 Å². The molecule has 182 valence electrons. The third-order valence-electron chi connectivity index (χ3n) is 8.22. The van der Waals surface area contributed by atoms with Crippen LogP contribution in [-0.4, -0.2) is 44.8 Å². The van der Waals surface area contributed by atoms with Crippen LogP contribution in [0.3, 0.4) is 0 Å². The van der Waals surface area contributed by atoms with Crippen LogP contribution in [0.1, 0.15) is 82.6 Å². The molecule has 2 aromatic rings. The van der Waals surface area contributed by atoms with Crippen molar-refractivity contribution in [2.75, 3.05) is 5.32 Å². The summed E-state index contributed by atoms with van der Waals surface area (Å²) in [5.41, 5.74) is 0.917. The second-order valence-electron chi connectivity index (χ2n) is 10.8. The Morgan fingerprint density at radius 2 is 1.71 bits per heavy atom. The number of aromatic nitrogens is 1. The van der Waals surface area contributed by atoms with E-state index in [1.165, 1.54) is 6.92 Å². The number of rotatable bonds is 4. The van der Waals surface area contributed by atoms with Crippen LogP contribution in [0.5, 0.6) is 0 Å². The normalized spacial score (nSPS) is 27.6. The lowest BCUT2D eigenvalue weighted by molar-refractivity contribution is -0.135. The Morgan fingerprint density at radius 3 is 2.38 bits per heavy atom. The van der Waals surface area contributed by atoms with Gasteiger partial charge in [0.15, 0.2) is 0 Å². The molecule has 0 radical (unpaired) electrons. The number of nitrogens with zero attached hydrogens (tertiary/aromatic N) is 2. The quantitative estimate of drug-likeness (QED) is 0.701. The number of benzene rings is 1. The molecule has 1 aromatic heterocycles. The highest BCUT2D eigenvalue weighted by Crippen LogP contribution is 2.42. The van der Waals surface area contributed by atoms with Gasteiger partial charge >= 0.3 is 0 Å². The van der Waals surface area contributed by atoms with Crippen LogP contribution in [0.4, 0.5) is 5.69 Å². The van der Waals surface area contributed by atoms with Gasteiger partial charge in [-0.05, 0) is 57.4 Å². The van der Waals surface area contributed by atoms with Gasteiger partial charge in [-0.2, -0.15) is 0 Å². The van der Waals surface area contributed by atoms with Gasteiger partial charge in [0.2, 0.25) is 11.8 Å². The van der Waals surface area contributed by atoms with Crippen molar-refractivity contribution in [3.8, 4) is 0 Å². The molecule has 0 spiro atoms. The number of hydrogen-bond donors (Lipinski definition) is 2. The zero-order chi connectivity index (χ0) is 24.0. The minimum atomic E-state index is -0.993. The number of anilines is 1. The number of amides is 3. The third-order valence-corrected chi connectivity index (χ3v) is 8.22. The molecule has 7 nitrogen and oxygen atoms in total. The van der Waals surface area contributed by atoms with Crippen molar-refractivity contribution >= 4 is 34.3 Å². The molecule has 3 amide bonds. The lowest BCUT2D eigenvalue weighted by Gasteiger charge is -2.49. The molecule has 1 aromatic carbocycles. The number of hydrogen-bond acceptors (Lipinski definition) is 3. The van der Waals surface area contributed by atoms with Crippen LogP contribution < -0.4 is 10.6 Å². The number of nitrogens with one attached hydrogen (secondary N) is 2. The van der Waals surface area contributed by atoms with E-state index in [9.17, 15) is 14.4 Å². The number of para-hydroxylation sites is 1.